The van der Waals surface area contributed by atoms with Crippen molar-refractivity contribution in [3.05, 3.63) is 28.9 Å². The van der Waals surface area contributed by atoms with E-state index in [9.17, 15) is 9.18 Å². The quantitative estimate of drug-likeness (QED) is 0.926. The standard InChI is InChI=1S/C14H15FN2O2S/c1-17(8-5-6-19-7-8)14(18)13-12(16)11-9(15)3-2-4-10(11)20-13/h2-4,8H,5-7,16H2,1H3. The lowest BCUT2D eigenvalue weighted by Crippen LogP contribution is -2.37. The SMILES string of the molecule is CN(C(=O)c1sc2cccc(F)c2c1N)C1CCOC1. The number of hydrogen-bond donors (Lipinski definition) is 1. The van der Waals surface area contributed by atoms with E-state index in [1.165, 1.54) is 17.4 Å². The van der Waals surface area contributed by atoms with Crippen molar-refractivity contribution in [1.82, 2.24) is 4.90 Å². The van der Waals surface area contributed by atoms with E-state index in [4.69, 9.17) is 10.5 Å². The van der Waals surface area contributed by atoms with Crippen LogP contribution in [0, 0.1) is 5.82 Å². The molecule has 0 aliphatic carbocycles. The Morgan fingerprint density at radius 1 is 1.55 bits per heavy atom. The zero-order valence-corrected chi connectivity index (χ0v) is 11.9. The number of nitrogens with two attached hydrogens (primary N) is 1. The molecule has 2 heterocycles. The molecule has 1 saturated heterocycles. The van der Waals surface area contributed by atoms with Gasteiger partial charge in [-0.25, -0.2) is 4.39 Å². The van der Waals surface area contributed by atoms with Crippen LogP contribution in [0.1, 0.15) is 16.1 Å². The fraction of sp³-hybridized carbons (Fsp3) is 0.357. The van der Waals surface area contributed by atoms with Gasteiger partial charge in [0.1, 0.15) is 10.7 Å². The molecule has 1 unspecified atom stereocenters. The summed E-state index contributed by atoms with van der Waals surface area (Å²) < 4.78 is 19.8. The lowest BCUT2D eigenvalue weighted by atomic mass is 10.2. The first kappa shape index (κ1) is 13.3. The average Bonchev–Trinajstić information content (AvgIpc) is 3.06. The zero-order valence-electron chi connectivity index (χ0n) is 11.1. The predicted molar refractivity (Wildman–Crippen MR) is 77.5 cm³/mol. The molecular formula is C14H15FN2O2S. The summed E-state index contributed by atoms with van der Waals surface area (Å²) in [4.78, 5) is 14.6. The Balaban J connectivity index is 1.99. The van der Waals surface area contributed by atoms with E-state index in [2.05, 4.69) is 0 Å². The van der Waals surface area contributed by atoms with Crippen LogP contribution in [0.5, 0.6) is 0 Å². The van der Waals surface area contributed by atoms with E-state index in [1.807, 2.05) is 0 Å². The van der Waals surface area contributed by atoms with Gasteiger partial charge in [-0.3, -0.25) is 4.79 Å². The number of thiophene rings is 1. The molecule has 2 aromatic rings. The maximum atomic E-state index is 13.8. The summed E-state index contributed by atoms with van der Waals surface area (Å²) in [5.74, 6) is -0.555. The minimum atomic E-state index is -0.387. The number of benzene rings is 1. The maximum Gasteiger partial charge on any atom is 0.266 e. The summed E-state index contributed by atoms with van der Waals surface area (Å²) in [6, 6.07) is 4.82. The summed E-state index contributed by atoms with van der Waals surface area (Å²) in [6.07, 6.45) is 0.821. The average molecular weight is 294 g/mol. The number of amides is 1. The number of hydrogen-bond acceptors (Lipinski definition) is 4. The van der Waals surface area contributed by atoms with Crippen molar-refractivity contribution >= 4 is 33.0 Å². The highest BCUT2D eigenvalue weighted by molar-refractivity contribution is 7.21. The lowest BCUT2D eigenvalue weighted by molar-refractivity contribution is 0.0717. The van der Waals surface area contributed by atoms with Crippen LogP contribution in [0.4, 0.5) is 10.1 Å². The Morgan fingerprint density at radius 2 is 2.35 bits per heavy atom. The van der Waals surface area contributed by atoms with Crippen LogP contribution < -0.4 is 5.73 Å². The summed E-state index contributed by atoms with van der Waals surface area (Å²) in [5.41, 5.74) is 6.20. The van der Waals surface area contributed by atoms with E-state index < -0.39 is 0 Å². The van der Waals surface area contributed by atoms with Gasteiger partial charge in [0, 0.05) is 18.4 Å². The molecule has 1 aliphatic rings. The molecule has 6 heteroatoms. The number of rotatable bonds is 2. The maximum absolute atomic E-state index is 13.8. The van der Waals surface area contributed by atoms with Crippen molar-refractivity contribution < 1.29 is 13.9 Å². The molecule has 0 spiro atoms. The van der Waals surface area contributed by atoms with Gasteiger partial charge in [0.25, 0.3) is 5.91 Å². The fourth-order valence-electron chi connectivity index (χ4n) is 2.44. The number of nitrogen functional groups attached to an aromatic ring is 1. The summed E-state index contributed by atoms with van der Waals surface area (Å²) in [5, 5.41) is 0.344. The van der Waals surface area contributed by atoms with Gasteiger partial charge in [0.2, 0.25) is 0 Å². The highest BCUT2D eigenvalue weighted by atomic mass is 32.1. The van der Waals surface area contributed by atoms with E-state index in [0.717, 1.165) is 6.42 Å². The van der Waals surface area contributed by atoms with Crippen LogP contribution in [0.25, 0.3) is 10.1 Å². The molecule has 1 fully saturated rings. The zero-order chi connectivity index (χ0) is 14.3. The Morgan fingerprint density at radius 3 is 3.00 bits per heavy atom. The first-order chi connectivity index (χ1) is 9.59. The highest BCUT2D eigenvalue weighted by Gasteiger charge is 2.28. The van der Waals surface area contributed by atoms with Gasteiger partial charge in [-0.1, -0.05) is 6.07 Å². The van der Waals surface area contributed by atoms with E-state index in [-0.39, 0.29) is 23.5 Å². The third kappa shape index (κ3) is 2.05. The monoisotopic (exact) mass is 294 g/mol. The van der Waals surface area contributed by atoms with Crippen LogP contribution in [0.15, 0.2) is 18.2 Å². The molecular weight excluding hydrogens is 279 g/mol. The van der Waals surface area contributed by atoms with Gasteiger partial charge in [0.05, 0.1) is 23.7 Å². The second-order valence-electron chi connectivity index (χ2n) is 4.89. The number of nitrogens with zero attached hydrogens (tertiary/aromatic N) is 1. The first-order valence-electron chi connectivity index (χ1n) is 6.41. The largest absolute Gasteiger partial charge is 0.397 e. The van der Waals surface area contributed by atoms with Crippen LogP contribution in [-0.4, -0.2) is 37.1 Å². The lowest BCUT2D eigenvalue weighted by Gasteiger charge is -2.22. The van der Waals surface area contributed by atoms with E-state index in [0.29, 0.717) is 28.2 Å². The normalized spacial score (nSPS) is 18.6. The fourth-order valence-corrected chi connectivity index (χ4v) is 3.56. The molecule has 0 radical (unpaired) electrons. The molecule has 0 saturated carbocycles. The molecule has 1 atom stereocenters. The smallest absolute Gasteiger partial charge is 0.266 e. The molecule has 1 amide bonds. The van der Waals surface area contributed by atoms with Gasteiger partial charge in [-0.15, -0.1) is 11.3 Å². The molecule has 1 aromatic heterocycles. The molecule has 4 nitrogen and oxygen atoms in total. The van der Waals surface area contributed by atoms with E-state index in [1.54, 1.807) is 24.1 Å². The van der Waals surface area contributed by atoms with Crippen molar-refractivity contribution in [3.63, 3.8) is 0 Å². The Hall–Kier alpha value is -1.66. The second-order valence-corrected chi connectivity index (χ2v) is 5.94. The molecule has 2 N–H and O–H groups in total. The molecule has 1 aliphatic heterocycles. The summed E-state index contributed by atoms with van der Waals surface area (Å²) in [7, 11) is 1.74. The number of halogens is 1. The Labute approximate surface area is 119 Å². The summed E-state index contributed by atoms with van der Waals surface area (Å²) in [6.45, 7) is 1.21. The highest BCUT2D eigenvalue weighted by Crippen LogP contribution is 2.36. The third-order valence-corrected chi connectivity index (χ3v) is 4.83. The van der Waals surface area contributed by atoms with Crippen LogP contribution >= 0.6 is 11.3 Å². The van der Waals surface area contributed by atoms with Crippen LogP contribution in [-0.2, 0) is 4.74 Å². The van der Waals surface area contributed by atoms with Crippen molar-refractivity contribution in [2.24, 2.45) is 0 Å². The van der Waals surface area contributed by atoms with Crippen molar-refractivity contribution in [2.75, 3.05) is 26.0 Å². The Bertz CT molecular complexity index is 664. The number of carbonyl (C=O) groups is 1. The number of ether oxygens (including phenoxy) is 1. The van der Waals surface area contributed by atoms with Crippen molar-refractivity contribution in [3.8, 4) is 0 Å². The molecule has 1 aromatic carbocycles. The number of fused-ring (bicyclic) bond motifs is 1. The predicted octanol–water partition coefficient (Wildman–Crippen LogP) is 2.48. The number of anilines is 1. The van der Waals surface area contributed by atoms with Gasteiger partial charge in [-0.2, -0.15) is 0 Å². The summed E-state index contributed by atoms with van der Waals surface area (Å²) >= 11 is 1.24. The van der Waals surface area contributed by atoms with Crippen LogP contribution in [0.2, 0.25) is 0 Å². The molecule has 20 heavy (non-hydrogen) atoms. The van der Waals surface area contributed by atoms with Gasteiger partial charge >= 0.3 is 0 Å². The number of likely N-dealkylation sites (N-methyl/N-ethyl adjacent to an activating group) is 1. The van der Waals surface area contributed by atoms with Crippen LogP contribution in [0.3, 0.4) is 0 Å². The minimum Gasteiger partial charge on any atom is -0.397 e. The van der Waals surface area contributed by atoms with Crippen molar-refractivity contribution in [2.45, 2.75) is 12.5 Å². The minimum absolute atomic E-state index is 0.0666. The molecule has 3 rings (SSSR count). The third-order valence-electron chi connectivity index (χ3n) is 3.67. The number of carbonyl (C=O) groups excluding carboxylic acids is 1. The van der Waals surface area contributed by atoms with Gasteiger partial charge in [0.15, 0.2) is 0 Å². The topological polar surface area (TPSA) is 55.6 Å². The Kier molecular flexibility index (Phi) is 3.35. The molecule has 0 bridgehead atoms. The first-order valence-corrected chi connectivity index (χ1v) is 7.22. The van der Waals surface area contributed by atoms with Crippen molar-refractivity contribution in [1.29, 1.82) is 0 Å². The molecule has 106 valence electrons. The van der Waals surface area contributed by atoms with E-state index >= 15 is 0 Å². The van der Waals surface area contributed by atoms with Gasteiger partial charge < -0.3 is 15.4 Å². The second kappa shape index (κ2) is 5.03. The van der Waals surface area contributed by atoms with Gasteiger partial charge in [-0.05, 0) is 18.6 Å².